The largest absolute Gasteiger partial charge is 0.496 e. The molecule has 342 valence electrons. The number of benzene rings is 1. The van der Waals surface area contributed by atoms with Gasteiger partial charge in [-0.2, -0.15) is 5.10 Å². The van der Waals surface area contributed by atoms with Crippen LogP contribution in [0.3, 0.4) is 0 Å². The van der Waals surface area contributed by atoms with E-state index in [1.807, 2.05) is 56.5 Å². The van der Waals surface area contributed by atoms with Crippen molar-refractivity contribution < 1.29 is 37.1 Å². The number of nitrogens with one attached hydrogen (secondary N) is 3. The Kier molecular flexibility index (Phi) is 12.4. The Morgan fingerprint density at radius 1 is 1.05 bits per heavy atom. The van der Waals surface area contributed by atoms with Gasteiger partial charge in [0.25, 0.3) is 11.8 Å². The molecule has 3 fully saturated rings. The van der Waals surface area contributed by atoms with Crippen molar-refractivity contribution in [3.05, 3.63) is 64.9 Å². The molecule has 3 aromatic heterocycles. The van der Waals surface area contributed by atoms with Crippen LogP contribution in [-0.4, -0.2) is 98.8 Å². The average molecular weight is 915 g/mol. The summed E-state index contributed by atoms with van der Waals surface area (Å²) in [6.07, 6.45) is 9.07. The monoisotopic (exact) mass is 914 g/mol. The van der Waals surface area contributed by atoms with Gasteiger partial charge in [-0.25, -0.2) is 18.4 Å². The normalized spacial score (nSPS) is 25.2. The van der Waals surface area contributed by atoms with Crippen LogP contribution in [0.15, 0.2) is 48.0 Å². The Balaban J connectivity index is 1.15. The van der Waals surface area contributed by atoms with Gasteiger partial charge in [0, 0.05) is 47.0 Å². The van der Waals surface area contributed by atoms with E-state index in [4.69, 9.17) is 19.4 Å². The Bertz CT molecular complexity index is 2620. The number of rotatable bonds is 11. The number of aryl methyl sites for hydroxylation is 1. The molecule has 4 amide bonds. The van der Waals surface area contributed by atoms with Crippen molar-refractivity contribution in [1.29, 1.82) is 0 Å². The lowest BCUT2D eigenvalue weighted by molar-refractivity contribution is -0.141. The highest BCUT2D eigenvalue weighted by molar-refractivity contribution is 7.91. The topological polar surface area (TPSA) is 204 Å². The molecule has 5 atom stereocenters. The van der Waals surface area contributed by atoms with Gasteiger partial charge in [-0.3, -0.25) is 28.6 Å². The van der Waals surface area contributed by atoms with E-state index in [1.54, 1.807) is 31.0 Å². The first-order valence-corrected chi connectivity index (χ1v) is 24.6. The molecule has 0 spiro atoms. The standard InChI is InChI=1S/C46H58N8O8S2/c1-26(2)35-25-63-42(49-35)34-22-38(31-15-16-37(61-7)28(5)39(31)47-34)62-30-21-36-41(56)50-46(44(58)52-64(59,60)45(6)18-19-45)23-29(46)13-11-9-8-10-12-14-33(43(57)53(36)24-30)48-40(55)32-17-20-54(51-32)27(3)4/h11,13,15-17,20,22,25-27,29-30,33,36H,8-10,12,14,18-19,21,23-24H2,1-7H3,(H,48,55)(H,50,56)(H,52,58)/b13-11-/t29-,30-,33+,36+,46-/m1/s1. The molecule has 1 aromatic carbocycles. The summed E-state index contributed by atoms with van der Waals surface area (Å²) < 4.78 is 42.1. The lowest BCUT2D eigenvalue weighted by Gasteiger charge is -2.30. The highest BCUT2D eigenvalue weighted by atomic mass is 32.2. The minimum atomic E-state index is -4.02. The molecule has 0 unspecified atom stereocenters. The summed E-state index contributed by atoms with van der Waals surface area (Å²) in [6, 6.07) is 5.01. The van der Waals surface area contributed by atoms with Gasteiger partial charge in [-0.1, -0.05) is 38.8 Å². The molecule has 4 aromatic rings. The Morgan fingerprint density at radius 2 is 1.83 bits per heavy atom. The molecule has 3 N–H and O–H groups in total. The zero-order valence-corrected chi connectivity index (χ0v) is 39.1. The van der Waals surface area contributed by atoms with Crippen molar-refractivity contribution >= 4 is 55.9 Å². The number of hydrogen-bond acceptors (Lipinski definition) is 12. The molecule has 16 nitrogen and oxygen atoms in total. The fourth-order valence-corrected chi connectivity index (χ4v) is 10.8. The number of methoxy groups -OCH3 is 1. The lowest BCUT2D eigenvalue weighted by Crippen LogP contribution is -2.58. The maximum Gasteiger partial charge on any atom is 0.272 e. The highest BCUT2D eigenvalue weighted by Gasteiger charge is 2.63. The molecular formula is C46H58N8O8S2. The van der Waals surface area contributed by atoms with Crippen LogP contribution in [0.1, 0.15) is 126 Å². The van der Waals surface area contributed by atoms with Gasteiger partial charge in [0.2, 0.25) is 21.8 Å². The SMILES string of the molecule is COc1ccc2c(O[C@@H]3C[C@H]4C(=O)N[C@]5(C(=O)NS(=O)(=O)C6(C)CC6)C[C@H]5/C=C\CCCCC[C@H](NC(=O)c5ccn(C(C)C)n5)C(=O)N4C3)cc(-c3nc(C(C)C)cs3)nc2c1C. The van der Waals surface area contributed by atoms with Gasteiger partial charge in [-0.15, -0.1) is 11.3 Å². The van der Waals surface area contributed by atoms with E-state index in [0.29, 0.717) is 65.2 Å². The lowest BCUT2D eigenvalue weighted by atomic mass is 10.0. The fraction of sp³-hybridized carbons (Fsp3) is 0.543. The molecular weight excluding hydrogens is 857 g/mol. The van der Waals surface area contributed by atoms with Crippen molar-refractivity contribution in [2.24, 2.45) is 5.92 Å². The molecule has 2 aliphatic carbocycles. The van der Waals surface area contributed by atoms with Crippen LogP contribution in [0.25, 0.3) is 21.6 Å². The zero-order valence-electron chi connectivity index (χ0n) is 37.5. The number of hydrogen-bond donors (Lipinski definition) is 3. The summed E-state index contributed by atoms with van der Waals surface area (Å²) >= 11 is 1.48. The number of carbonyl (C=O) groups excluding carboxylic acids is 4. The van der Waals surface area contributed by atoms with Crippen LogP contribution in [0, 0.1) is 12.8 Å². The molecule has 2 aliphatic heterocycles. The predicted octanol–water partition coefficient (Wildman–Crippen LogP) is 6.12. The number of sulfonamides is 1. The quantitative estimate of drug-likeness (QED) is 0.146. The second kappa shape index (κ2) is 17.6. The molecule has 64 heavy (non-hydrogen) atoms. The summed E-state index contributed by atoms with van der Waals surface area (Å²) in [4.78, 5) is 68.9. The molecule has 0 radical (unpaired) electrons. The summed E-state index contributed by atoms with van der Waals surface area (Å²) in [6.45, 7) is 11.5. The van der Waals surface area contributed by atoms with E-state index in [1.165, 1.54) is 16.2 Å². The van der Waals surface area contributed by atoms with E-state index in [2.05, 4.69) is 34.3 Å². The third-order valence-corrected chi connectivity index (χ3v) is 16.2. The average Bonchev–Trinajstić information content (AvgIpc) is 3.85. The molecule has 8 rings (SSSR count). The maximum absolute atomic E-state index is 15.0. The zero-order chi connectivity index (χ0) is 45.7. The van der Waals surface area contributed by atoms with E-state index in [0.717, 1.165) is 24.1 Å². The molecule has 0 bridgehead atoms. The van der Waals surface area contributed by atoms with E-state index in [9.17, 15) is 27.6 Å². The number of amides is 4. The first-order chi connectivity index (χ1) is 30.4. The first-order valence-electron chi connectivity index (χ1n) is 22.3. The Hall–Kier alpha value is -5.36. The number of pyridine rings is 1. The fourth-order valence-electron chi connectivity index (χ4n) is 8.58. The van der Waals surface area contributed by atoms with Crippen LogP contribution in [0.2, 0.25) is 0 Å². The van der Waals surface area contributed by atoms with Crippen molar-refractivity contribution in [2.45, 2.75) is 140 Å². The van der Waals surface area contributed by atoms with Crippen molar-refractivity contribution in [2.75, 3.05) is 13.7 Å². The molecule has 1 saturated heterocycles. The van der Waals surface area contributed by atoms with Gasteiger partial charge in [-0.05, 0) is 90.3 Å². The molecule has 5 heterocycles. The van der Waals surface area contributed by atoms with Crippen LogP contribution in [-0.2, 0) is 24.4 Å². The van der Waals surface area contributed by atoms with Crippen LogP contribution < -0.4 is 24.8 Å². The smallest absolute Gasteiger partial charge is 0.272 e. The Labute approximate surface area is 378 Å². The number of nitrogens with zero attached hydrogens (tertiary/aromatic N) is 5. The Morgan fingerprint density at radius 3 is 2.52 bits per heavy atom. The molecule has 18 heteroatoms. The van der Waals surface area contributed by atoms with Crippen LogP contribution in [0.5, 0.6) is 11.5 Å². The number of allylic oxidation sites excluding steroid dienone is 1. The van der Waals surface area contributed by atoms with Gasteiger partial charge in [0.15, 0.2) is 0 Å². The van der Waals surface area contributed by atoms with E-state index < -0.39 is 68.0 Å². The number of carbonyl (C=O) groups is 4. The van der Waals surface area contributed by atoms with Crippen molar-refractivity contribution in [3.8, 4) is 22.2 Å². The van der Waals surface area contributed by atoms with Crippen LogP contribution in [0.4, 0.5) is 0 Å². The van der Waals surface area contributed by atoms with Gasteiger partial charge in [0.1, 0.15) is 51.6 Å². The number of ether oxygens (including phenoxy) is 2. The summed E-state index contributed by atoms with van der Waals surface area (Å²) in [5, 5.41) is 13.7. The van der Waals surface area contributed by atoms with E-state index in [-0.39, 0.29) is 37.0 Å². The van der Waals surface area contributed by atoms with Gasteiger partial charge >= 0.3 is 0 Å². The van der Waals surface area contributed by atoms with Crippen molar-refractivity contribution in [3.63, 3.8) is 0 Å². The third-order valence-electron chi connectivity index (χ3n) is 13.1. The summed E-state index contributed by atoms with van der Waals surface area (Å²) in [5.74, 6) is -1.54. The maximum atomic E-state index is 15.0. The first kappa shape index (κ1) is 45.2. The van der Waals surface area contributed by atoms with Gasteiger partial charge in [0.05, 0.1) is 29.6 Å². The van der Waals surface area contributed by atoms with Crippen molar-refractivity contribution in [1.82, 2.24) is 40.0 Å². The van der Waals surface area contributed by atoms with Crippen LogP contribution >= 0.6 is 11.3 Å². The second-order valence-electron chi connectivity index (χ2n) is 18.5. The van der Waals surface area contributed by atoms with E-state index >= 15 is 0 Å². The number of fused-ring (bicyclic) bond motifs is 3. The van der Waals surface area contributed by atoms with Gasteiger partial charge < -0.3 is 25.0 Å². The third kappa shape index (κ3) is 8.87. The predicted molar refractivity (Wildman–Crippen MR) is 243 cm³/mol. The molecule has 2 saturated carbocycles. The minimum absolute atomic E-state index is 0.0171. The summed E-state index contributed by atoms with van der Waals surface area (Å²) in [7, 11) is -2.42. The summed E-state index contributed by atoms with van der Waals surface area (Å²) in [5.41, 5.74) is 1.59. The number of thiazole rings is 1. The second-order valence-corrected chi connectivity index (χ2v) is 21.6. The molecule has 4 aliphatic rings. The highest BCUT2D eigenvalue weighted by Crippen LogP contribution is 2.48. The minimum Gasteiger partial charge on any atom is -0.496 e. The number of aromatic nitrogens is 4.